The molecule has 0 radical (unpaired) electrons. The Kier molecular flexibility index (Phi) is 5.30. The highest BCUT2D eigenvalue weighted by atomic mass is 19.1. The first kappa shape index (κ1) is 14.2. The molecule has 0 aliphatic rings. The normalized spacial score (nSPS) is 11.7. The van der Waals surface area contributed by atoms with Crippen molar-refractivity contribution in [2.45, 2.75) is 26.3 Å². The molecule has 0 saturated carbocycles. The van der Waals surface area contributed by atoms with Crippen molar-refractivity contribution >= 4 is 11.8 Å². The van der Waals surface area contributed by atoms with E-state index in [-0.39, 0.29) is 18.2 Å². The Hall–Kier alpha value is -1.91. The lowest BCUT2D eigenvalue weighted by Crippen LogP contribution is -2.45. The molecule has 0 bridgehead atoms. The zero-order chi connectivity index (χ0) is 13.5. The fraction of sp³-hybridized carbons (Fsp3) is 0.385. The van der Waals surface area contributed by atoms with Crippen LogP contribution in [-0.4, -0.2) is 24.4 Å². The van der Waals surface area contributed by atoms with Crippen molar-refractivity contribution in [2.24, 2.45) is 0 Å². The van der Waals surface area contributed by atoms with Crippen LogP contribution in [0.2, 0.25) is 0 Å². The van der Waals surface area contributed by atoms with E-state index in [1.165, 1.54) is 6.07 Å². The van der Waals surface area contributed by atoms with Crippen LogP contribution in [0.4, 0.5) is 4.39 Å². The first-order valence-electron chi connectivity index (χ1n) is 5.85. The van der Waals surface area contributed by atoms with Gasteiger partial charge in [0.1, 0.15) is 11.9 Å². The fourth-order valence-corrected chi connectivity index (χ4v) is 1.50. The monoisotopic (exact) mass is 252 g/mol. The molecule has 0 fully saturated rings. The van der Waals surface area contributed by atoms with Gasteiger partial charge in [0, 0.05) is 6.54 Å². The minimum Gasteiger partial charge on any atom is -0.355 e. The van der Waals surface area contributed by atoms with Gasteiger partial charge in [-0.1, -0.05) is 18.2 Å². The predicted molar refractivity (Wildman–Crippen MR) is 66.4 cm³/mol. The van der Waals surface area contributed by atoms with Crippen LogP contribution >= 0.6 is 0 Å². The van der Waals surface area contributed by atoms with Crippen LogP contribution in [-0.2, 0) is 16.0 Å². The number of rotatable bonds is 5. The third-order valence-corrected chi connectivity index (χ3v) is 2.43. The number of amides is 2. The molecule has 5 heteroatoms. The Bertz CT molecular complexity index is 435. The van der Waals surface area contributed by atoms with E-state index >= 15 is 0 Å². The molecule has 0 aromatic heterocycles. The van der Waals surface area contributed by atoms with Crippen molar-refractivity contribution in [1.82, 2.24) is 10.6 Å². The lowest BCUT2D eigenvalue weighted by atomic mass is 10.1. The van der Waals surface area contributed by atoms with Crippen LogP contribution < -0.4 is 10.6 Å². The average Bonchev–Trinajstić information content (AvgIpc) is 2.32. The molecule has 0 aliphatic carbocycles. The standard InChI is InChI=1S/C13H17FN2O2/c1-3-15-13(18)9(2)16-12(17)8-10-6-4-5-7-11(10)14/h4-7,9H,3,8H2,1-2H3,(H,15,18)(H,16,17)/t9-/m1/s1. The molecule has 1 aromatic carbocycles. The lowest BCUT2D eigenvalue weighted by molar-refractivity contribution is -0.128. The van der Waals surface area contributed by atoms with Gasteiger partial charge < -0.3 is 10.6 Å². The molecule has 2 amide bonds. The molecule has 2 N–H and O–H groups in total. The second kappa shape index (κ2) is 6.74. The summed E-state index contributed by atoms with van der Waals surface area (Å²) >= 11 is 0. The van der Waals surface area contributed by atoms with E-state index in [1.807, 2.05) is 0 Å². The number of carbonyl (C=O) groups excluding carboxylic acids is 2. The maximum absolute atomic E-state index is 13.3. The Morgan fingerprint density at radius 3 is 2.61 bits per heavy atom. The van der Waals surface area contributed by atoms with Crippen LogP contribution in [0, 0.1) is 5.82 Å². The van der Waals surface area contributed by atoms with Crippen molar-refractivity contribution in [1.29, 1.82) is 0 Å². The first-order chi connectivity index (χ1) is 8.54. The SMILES string of the molecule is CCNC(=O)[C@@H](C)NC(=O)Cc1ccccc1F. The summed E-state index contributed by atoms with van der Waals surface area (Å²) in [6.07, 6.45) is -0.0730. The van der Waals surface area contributed by atoms with Gasteiger partial charge in [0.05, 0.1) is 6.42 Å². The van der Waals surface area contributed by atoms with Crippen molar-refractivity contribution in [3.05, 3.63) is 35.6 Å². The van der Waals surface area contributed by atoms with Crippen molar-refractivity contribution in [2.75, 3.05) is 6.54 Å². The molecule has 0 heterocycles. The van der Waals surface area contributed by atoms with Gasteiger partial charge in [0.2, 0.25) is 11.8 Å². The zero-order valence-corrected chi connectivity index (χ0v) is 10.5. The summed E-state index contributed by atoms with van der Waals surface area (Å²) in [5.41, 5.74) is 0.318. The predicted octanol–water partition coefficient (Wildman–Crippen LogP) is 1.01. The molecular weight excluding hydrogens is 235 g/mol. The van der Waals surface area contributed by atoms with E-state index in [1.54, 1.807) is 32.0 Å². The highest BCUT2D eigenvalue weighted by Crippen LogP contribution is 2.06. The van der Waals surface area contributed by atoms with E-state index in [9.17, 15) is 14.0 Å². The molecule has 1 atom stereocenters. The number of hydrogen-bond acceptors (Lipinski definition) is 2. The van der Waals surface area contributed by atoms with Gasteiger partial charge in [-0.15, -0.1) is 0 Å². The number of halogens is 1. The number of nitrogens with one attached hydrogen (secondary N) is 2. The fourth-order valence-electron chi connectivity index (χ4n) is 1.50. The quantitative estimate of drug-likeness (QED) is 0.821. The second-order valence-electron chi connectivity index (χ2n) is 3.95. The van der Waals surface area contributed by atoms with Crippen LogP contribution in [0.15, 0.2) is 24.3 Å². The topological polar surface area (TPSA) is 58.2 Å². The maximum Gasteiger partial charge on any atom is 0.242 e. The van der Waals surface area contributed by atoms with Gasteiger partial charge in [-0.05, 0) is 25.5 Å². The third kappa shape index (κ3) is 4.16. The Morgan fingerprint density at radius 2 is 2.00 bits per heavy atom. The Morgan fingerprint density at radius 1 is 1.33 bits per heavy atom. The average molecular weight is 252 g/mol. The molecular formula is C13H17FN2O2. The molecule has 18 heavy (non-hydrogen) atoms. The third-order valence-electron chi connectivity index (χ3n) is 2.43. The number of likely N-dealkylation sites (N-methyl/N-ethyl adjacent to an activating group) is 1. The largest absolute Gasteiger partial charge is 0.355 e. The lowest BCUT2D eigenvalue weighted by Gasteiger charge is -2.13. The number of benzene rings is 1. The van der Waals surface area contributed by atoms with E-state index in [0.717, 1.165) is 0 Å². The van der Waals surface area contributed by atoms with Gasteiger partial charge in [-0.2, -0.15) is 0 Å². The summed E-state index contributed by atoms with van der Waals surface area (Å²) in [4.78, 5) is 23.0. The number of hydrogen-bond donors (Lipinski definition) is 2. The summed E-state index contributed by atoms with van der Waals surface area (Å²) < 4.78 is 13.3. The summed E-state index contributed by atoms with van der Waals surface area (Å²) in [5.74, 6) is -1.04. The van der Waals surface area contributed by atoms with Gasteiger partial charge in [0.25, 0.3) is 0 Å². The Labute approximate surface area is 106 Å². The van der Waals surface area contributed by atoms with Crippen molar-refractivity contribution in [3.63, 3.8) is 0 Å². The van der Waals surface area contributed by atoms with Gasteiger partial charge >= 0.3 is 0 Å². The van der Waals surface area contributed by atoms with Crippen LogP contribution in [0.1, 0.15) is 19.4 Å². The Balaban J connectivity index is 2.52. The van der Waals surface area contributed by atoms with E-state index in [4.69, 9.17) is 0 Å². The first-order valence-corrected chi connectivity index (χ1v) is 5.85. The molecule has 1 aromatic rings. The summed E-state index contributed by atoms with van der Waals surface area (Å²) in [7, 11) is 0. The van der Waals surface area contributed by atoms with Crippen molar-refractivity contribution < 1.29 is 14.0 Å². The zero-order valence-electron chi connectivity index (χ0n) is 10.5. The molecule has 0 aliphatic heterocycles. The molecule has 0 saturated heterocycles. The van der Waals surface area contributed by atoms with Crippen LogP contribution in [0.25, 0.3) is 0 Å². The minimum absolute atomic E-state index is 0.0730. The second-order valence-corrected chi connectivity index (χ2v) is 3.95. The smallest absolute Gasteiger partial charge is 0.242 e. The summed E-state index contributed by atoms with van der Waals surface area (Å²) in [6.45, 7) is 3.89. The molecule has 98 valence electrons. The highest BCUT2D eigenvalue weighted by Gasteiger charge is 2.15. The van der Waals surface area contributed by atoms with Crippen LogP contribution in [0.3, 0.4) is 0 Å². The molecule has 0 unspecified atom stereocenters. The summed E-state index contributed by atoms with van der Waals surface area (Å²) in [5, 5.41) is 5.12. The minimum atomic E-state index is -0.621. The highest BCUT2D eigenvalue weighted by molar-refractivity contribution is 5.88. The van der Waals surface area contributed by atoms with Gasteiger partial charge in [-0.25, -0.2) is 4.39 Å². The maximum atomic E-state index is 13.3. The van der Waals surface area contributed by atoms with Crippen molar-refractivity contribution in [3.8, 4) is 0 Å². The van der Waals surface area contributed by atoms with Gasteiger partial charge in [-0.3, -0.25) is 9.59 Å². The number of carbonyl (C=O) groups is 2. The van der Waals surface area contributed by atoms with E-state index < -0.39 is 11.9 Å². The molecule has 4 nitrogen and oxygen atoms in total. The summed E-state index contributed by atoms with van der Waals surface area (Å²) in [6, 6.07) is 5.46. The molecule has 1 rings (SSSR count). The van der Waals surface area contributed by atoms with Gasteiger partial charge in [0.15, 0.2) is 0 Å². The molecule has 0 spiro atoms. The van der Waals surface area contributed by atoms with E-state index in [0.29, 0.717) is 12.1 Å². The van der Waals surface area contributed by atoms with E-state index in [2.05, 4.69) is 10.6 Å². The van der Waals surface area contributed by atoms with Crippen LogP contribution in [0.5, 0.6) is 0 Å².